The standard InChI is InChI=1S/C10H19N3/c1-9(11)8-13(2)6-4-10-3-5-12-7-10/h3,5,7,9,12H,4,6,8,11H2,1-2H3. The van der Waals surface area contributed by atoms with Gasteiger partial charge in [-0.25, -0.2) is 0 Å². The highest BCUT2D eigenvalue weighted by atomic mass is 15.1. The Kier molecular flexibility index (Phi) is 3.99. The maximum Gasteiger partial charge on any atom is 0.0139 e. The number of H-pyrrole nitrogens is 1. The number of nitrogens with two attached hydrogens (primary N) is 1. The molecule has 1 heterocycles. The van der Waals surface area contributed by atoms with Crippen molar-refractivity contribution < 1.29 is 0 Å². The summed E-state index contributed by atoms with van der Waals surface area (Å²) in [5, 5.41) is 0. The number of rotatable bonds is 5. The molecule has 1 aromatic rings. The van der Waals surface area contributed by atoms with Crippen LogP contribution in [0.4, 0.5) is 0 Å². The second kappa shape index (κ2) is 5.04. The van der Waals surface area contributed by atoms with E-state index in [-0.39, 0.29) is 6.04 Å². The molecular formula is C10H19N3. The van der Waals surface area contributed by atoms with Crippen molar-refractivity contribution in [2.75, 3.05) is 20.1 Å². The molecule has 3 N–H and O–H groups in total. The second-order valence-corrected chi connectivity index (χ2v) is 3.71. The van der Waals surface area contributed by atoms with Crippen molar-refractivity contribution >= 4 is 0 Å². The minimum Gasteiger partial charge on any atom is -0.367 e. The predicted molar refractivity (Wildman–Crippen MR) is 55.6 cm³/mol. The summed E-state index contributed by atoms with van der Waals surface area (Å²) in [6, 6.07) is 2.37. The van der Waals surface area contributed by atoms with E-state index in [1.54, 1.807) is 0 Å². The van der Waals surface area contributed by atoms with Crippen LogP contribution in [0.3, 0.4) is 0 Å². The molecule has 0 aliphatic rings. The monoisotopic (exact) mass is 181 g/mol. The van der Waals surface area contributed by atoms with E-state index >= 15 is 0 Å². The Labute approximate surface area is 79.9 Å². The molecule has 0 amide bonds. The topological polar surface area (TPSA) is 45.0 Å². The molecule has 0 saturated heterocycles. The van der Waals surface area contributed by atoms with Gasteiger partial charge in [0.25, 0.3) is 0 Å². The van der Waals surface area contributed by atoms with Crippen LogP contribution in [0.25, 0.3) is 0 Å². The van der Waals surface area contributed by atoms with E-state index in [9.17, 15) is 0 Å². The van der Waals surface area contributed by atoms with Crippen LogP contribution in [0.1, 0.15) is 12.5 Å². The normalized spacial score (nSPS) is 13.5. The van der Waals surface area contributed by atoms with Gasteiger partial charge in [0.2, 0.25) is 0 Å². The lowest BCUT2D eigenvalue weighted by atomic mass is 10.2. The third-order valence-electron chi connectivity index (χ3n) is 2.04. The average molecular weight is 181 g/mol. The van der Waals surface area contributed by atoms with Gasteiger partial charge in [-0.2, -0.15) is 0 Å². The highest BCUT2D eigenvalue weighted by Crippen LogP contribution is 1.98. The Morgan fingerprint density at radius 3 is 2.92 bits per heavy atom. The zero-order valence-electron chi connectivity index (χ0n) is 8.46. The van der Waals surface area contributed by atoms with Gasteiger partial charge in [-0.15, -0.1) is 0 Å². The summed E-state index contributed by atoms with van der Waals surface area (Å²) >= 11 is 0. The summed E-state index contributed by atoms with van der Waals surface area (Å²) in [6.07, 6.45) is 5.09. The fraction of sp³-hybridized carbons (Fsp3) is 0.600. The maximum atomic E-state index is 5.69. The first kappa shape index (κ1) is 10.3. The highest BCUT2D eigenvalue weighted by Gasteiger charge is 2.01. The number of likely N-dealkylation sites (N-methyl/N-ethyl adjacent to an activating group) is 1. The van der Waals surface area contributed by atoms with Crippen molar-refractivity contribution in [2.45, 2.75) is 19.4 Å². The fourth-order valence-electron chi connectivity index (χ4n) is 1.42. The zero-order chi connectivity index (χ0) is 9.68. The number of aromatic nitrogens is 1. The van der Waals surface area contributed by atoms with Crippen LogP contribution in [0.15, 0.2) is 18.5 Å². The van der Waals surface area contributed by atoms with Gasteiger partial charge in [-0.05, 0) is 32.0 Å². The van der Waals surface area contributed by atoms with Crippen LogP contribution in [0.2, 0.25) is 0 Å². The van der Waals surface area contributed by atoms with Crippen molar-refractivity contribution in [3.8, 4) is 0 Å². The molecular weight excluding hydrogens is 162 g/mol. The van der Waals surface area contributed by atoms with Gasteiger partial charge in [0.15, 0.2) is 0 Å². The molecule has 3 heteroatoms. The lowest BCUT2D eigenvalue weighted by Gasteiger charge is -2.18. The van der Waals surface area contributed by atoms with Crippen molar-refractivity contribution in [3.05, 3.63) is 24.0 Å². The summed E-state index contributed by atoms with van der Waals surface area (Å²) < 4.78 is 0. The molecule has 0 spiro atoms. The molecule has 0 aliphatic carbocycles. The van der Waals surface area contributed by atoms with E-state index in [0.717, 1.165) is 19.5 Å². The van der Waals surface area contributed by atoms with E-state index in [1.165, 1.54) is 5.56 Å². The number of hydrogen-bond acceptors (Lipinski definition) is 2. The summed E-state index contributed by atoms with van der Waals surface area (Å²) in [5.74, 6) is 0. The molecule has 0 radical (unpaired) electrons. The number of aromatic amines is 1. The SMILES string of the molecule is CC(N)CN(C)CCc1cc[nH]c1. The number of hydrogen-bond donors (Lipinski definition) is 2. The minimum atomic E-state index is 0.260. The first-order chi connectivity index (χ1) is 6.18. The molecule has 0 aromatic carbocycles. The van der Waals surface area contributed by atoms with Gasteiger partial charge in [-0.1, -0.05) is 0 Å². The fourth-order valence-corrected chi connectivity index (χ4v) is 1.42. The molecule has 74 valence electrons. The molecule has 0 bridgehead atoms. The lowest BCUT2D eigenvalue weighted by molar-refractivity contribution is 0.321. The minimum absolute atomic E-state index is 0.260. The third-order valence-corrected chi connectivity index (χ3v) is 2.04. The summed E-state index contributed by atoms with van der Waals surface area (Å²) in [6.45, 7) is 4.07. The van der Waals surface area contributed by atoms with Crippen LogP contribution >= 0.6 is 0 Å². The number of nitrogens with zero attached hydrogens (tertiary/aromatic N) is 1. The largest absolute Gasteiger partial charge is 0.367 e. The summed E-state index contributed by atoms with van der Waals surface area (Å²) in [5.41, 5.74) is 7.05. The van der Waals surface area contributed by atoms with Crippen LogP contribution < -0.4 is 5.73 Å². The summed E-state index contributed by atoms with van der Waals surface area (Å²) in [7, 11) is 2.11. The Morgan fingerprint density at radius 2 is 2.38 bits per heavy atom. The van der Waals surface area contributed by atoms with Crippen LogP contribution in [-0.4, -0.2) is 36.1 Å². The Bertz CT molecular complexity index is 216. The van der Waals surface area contributed by atoms with Crippen molar-refractivity contribution in [3.63, 3.8) is 0 Å². The zero-order valence-corrected chi connectivity index (χ0v) is 8.46. The predicted octanol–water partition coefficient (Wildman–Crippen LogP) is 0.836. The van der Waals surface area contributed by atoms with Gasteiger partial charge >= 0.3 is 0 Å². The molecule has 1 rings (SSSR count). The number of nitrogens with one attached hydrogen (secondary N) is 1. The molecule has 0 saturated carbocycles. The van der Waals surface area contributed by atoms with Gasteiger partial charge < -0.3 is 15.6 Å². The Balaban J connectivity index is 2.19. The van der Waals surface area contributed by atoms with E-state index in [1.807, 2.05) is 19.3 Å². The molecule has 13 heavy (non-hydrogen) atoms. The first-order valence-corrected chi connectivity index (χ1v) is 4.74. The lowest BCUT2D eigenvalue weighted by Crippen LogP contribution is -2.33. The molecule has 1 aromatic heterocycles. The first-order valence-electron chi connectivity index (χ1n) is 4.74. The van der Waals surface area contributed by atoms with E-state index in [2.05, 4.69) is 23.0 Å². The highest BCUT2D eigenvalue weighted by molar-refractivity contribution is 5.08. The van der Waals surface area contributed by atoms with Crippen LogP contribution in [0.5, 0.6) is 0 Å². The Morgan fingerprint density at radius 1 is 1.62 bits per heavy atom. The van der Waals surface area contributed by atoms with Gasteiger partial charge in [0.05, 0.1) is 0 Å². The van der Waals surface area contributed by atoms with Crippen LogP contribution in [-0.2, 0) is 6.42 Å². The van der Waals surface area contributed by atoms with E-state index < -0.39 is 0 Å². The van der Waals surface area contributed by atoms with Crippen molar-refractivity contribution in [2.24, 2.45) is 5.73 Å². The molecule has 1 atom stereocenters. The Hall–Kier alpha value is -0.800. The second-order valence-electron chi connectivity index (χ2n) is 3.71. The van der Waals surface area contributed by atoms with Crippen molar-refractivity contribution in [1.82, 2.24) is 9.88 Å². The molecule has 0 fully saturated rings. The van der Waals surface area contributed by atoms with E-state index in [0.29, 0.717) is 0 Å². The quantitative estimate of drug-likeness (QED) is 0.707. The van der Waals surface area contributed by atoms with Gasteiger partial charge in [0.1, 0.15) is 0 Å². The van der Waals surface area contributed by atoms with Gasteiger partial charge in [0, 0.05) is 31.5 Å². The third kappa shape index (κ3) is 4.10. The van der Waals surface area contributed by atoms with Crippen LogP contribution in [0, 0.1) is 0 Å². The summed E-state index contributed by atoms with van der Waals surface area (Å²) in [4.78, 5) is 5.31. The maximum absolute atomic E-state index is 5.69. The van der Waals surface area contributed by atoms with Crippen molar-refractivity contribution in [1.29, 1.82) is 0 Å². The smallest absolute Gasteiger partial charge is 0.0139 e. The van der Waals surface area contributed by atoms with Gasteiger partial charge in [-0.3, -0.25) is 0 Å². The van der Waals surface area contributed by atoms with E-state index in [4.69, 9.17) is 5.73 Å². The molecule has 0 aliphatic heterocycles. The molecule has 3 nitrogen and oxygen atoms in total. The molecule has 1 unspecified atom stereocenters. The average Bonchev–Trinajstić information content (AvgIpc) is 2.51.